The topological polar surface area (TPSA) is 6.48 Å². The first-order valence-electron chi connectivity index (χ1n) is 18.6. The molecule has 10 rings (SSSR count). The van der Waals surface area contributed by atoms with Crippen molar-refractivity contribution in [3.8, 4) is 22.3 Å². The van der Waals surface area contributed by atoms with Crippen LogP contribution >= 0.6 is 0 Å². The Balaban J connectivity index is 1.22. The van der Waals surface area contributed by atoms with Crippen LogP contribution in [-0.2, 0) is 0 Å². The number of benzene rings is 7. The van der Waals surface area contributed by atoms with Crippen molar-refractivity contribution in [2.45, 2.75) is 38.0 Å². The highest BCUT2D eigenvalue weighted by atomic mass is 15.2. The first-order chi connectivity index (χ1) is 25.3. The Morgan fingerprint density at radius 3 is 1.53 bits per heavy atom. The molecule has 51 heavy (non-hydrogen) atoms. The van der Waals surface area contributed by atoms with E-state index < -0.39 is 0 Å². The van der Waals surface area contributed by atoms with Crippen molar-refractivity contribution >= 4 is 57.2 Å². The van der Waals surface area contributed by atoms with Crippen LogP contribution in [0.2, 0.25) is 0 Å². The third-order valence-electron chi connectivity index (χ3n) is 11.4. The summed E-state index contributed by atoms with van der Waals surface area (Å²) in [5.41, 5.74) is 18.1. The summed E-state index contributed by atoms with van der Waals surface area (Å²) in [6.45, 7) is 0.135. The molecule has 3 heteroatoms. The summed E-state index contributed by atoms with van der Waals surface area (Å²) in [6.07, 6.45) is 6.46. The van der Waals surface area contributed by atoms with Crippen LogP contribution in [0, 0.1) is 0 Å². The van der Waals surface area contributed by atoms with E-state index >= 15 is 0 Å². The minimum Gasteiger partial charge on any atom is -0.311 e. The molecule has 2 nitrogen and oxygen atoms in total. The van der Waals surface area contributed by atoms with Gasteiger partial charge in [-0.3, -0.25) is 0 Å². The number of nitrogens with zero attached hydrogens (tertiary/aromatic N) is 2. The normalized spacial score (nSPS) is 14.9. The Morgan fingerprint density at radius 2 is 0.902 bits per heavy atom. The molecule has 244 valence electrons. The van der Waals surface area contributed by atoms with Crippen LogP contribution in [0.3, 0.4) is 0 Å². The molecule has 2 heterocycles. The highest BCUT2D eigenvalue weighted by Crippen LogP contribution is 2.47. The van der Waals surface area contributed by atoms with Crippen molar-refractivity contribution in [2.24, 2.45) is 0 Å². The molecular weight excluding hydrogens is 615 g/mol. The largest absolute Gasteiger partial charge is 0.311 e. The molecule has 2 aliphatic heterocycles. The number of hydrogen-bond acceptors (Lipinski definition) is 2. The van der Waals surface area contributed by atoms with Gasteiger partial charge in [-0.2, -0.15) is 0 Å². The SMILES string of the molecule is c1ccc(-c2ccc(N3c4ccccc4B4c5ccccc5N(c5cccc(-c6ccccc6)c5)c5cc(C6CCCCC6)cc3c54)cc2)cc1. The molecule has 0 atom stereocenters. The fourth-order valence-electron chi connectivity index (χ4n) is 9.04. The summed E-state index contributed by atoms with van der Waals surface area (Å²) in [7, 11) is 0. The quantitative estimate of drug-likeness (QED) is 0.170. The molecule has 1 fully saturated rings. The standard InChI is InChI=1S/C48H39BN2/c1-4-15-34(16-5-1)37-27-29-40(30-28-37)50-44-25-12-10-23-42(44)49-43-24-11-13-26-45(43)51(41-22-14-21-38(31-41)35-17-6-2-7-18-35)47-33-39(32-46(50)48(47)49)36-19-8-3-9-20-36/h1-2,4-7,10-18,21-33,36H,3,8-9,19-20H2. The lowest BCUT2D eigenvalue weighted by Gasteiger charge is -2.45. The summed E-state index contributed by atoms with van der Waals surface area (Å²) in [5.74, 6) is 0.563. The molecule has 1 aliphatic carbocycles. The maximum Gasteiger partial charge on any atom is 0.252 e. The average molecular weight is 655 g/mol. The minimum absolute atomic E-state index is 0.135. The summed E-state index contributed by atoms with van der Waals surface area (Å²) in [6, 6.07) is 63.2. The molecule has 7 aromatic rings. The van der Waals surface area contributed by atoms with Crippen LogP contribution < -0.4 is 26.2 Å². The Hall–Kier alpha value is -5.80. The van der Waals surface area contributed by atoms with Crippen molar-refractivity contribution in [3.63, 3.8) is 0 Å². The first kappa shape index (κ1) is 30.1. The van der Waals surface area contributed by atoms with Crippen molar-refractivity contribution in [1.82, 2.24) is 0 Å². The van der Waals surface area contributed by atoms with Gasteiger partial charge in [-0.1, -0.05) is 141 Å². The van der Waals surface area contributed by atoms with Crippen LogP contribution in [0.5, 0.6) is 0 Å². The Morgan fingerprint density at radius 1 is 0.392 bits per heavy atom. The van der Waals surface area contributed by atoms with E-state index in [1.54, 1.807) is 0 Å². The summed E-state index contributed by atoms with van der Waals surface area (Å²) in [4.78, 5) is 5.12. The van der Waals surface area contributed by atoms with E-state index in [2.05, 4.69) is 180 Å². The van der Waals surface area contributed by atoms with Crippen molar-refractivity contribution in [2.75, 3.05) is 9.80 Å². The highest BCUT2D eigenvalue weighted by molar-refractivity contribution is 7.00. The second kappa shape index (κ2) is 12.5. The van der Waals surface area contributed by atoms with Crippen molar-refractivity contribution < 1.29 is 0 Å². The number of anilines is 6. The van der Waals surface area contributed by atoms with E-state index in [9.17, 15) is 0 Å². The zero-order valence-electron chi connectivity index (χ0n) is 28.8. The van der Waals surface area contributed by atoms with Gasteiger partial charge in [-0.25, -0.2) is 0 Å². The van der Waals surface area contributed by atoms with Crippen LogP contribution in [0.25, 0.3) is 22.3 Å². The fraction of sp³-hybridized carbons (Fsp3) is 0.125. The van der Waals surface area contributed by atoms with Gasteiger partial charge in [0.2, 0.25) is 0 Å². The molecular formula is C48H39BN2. The van der Waals surface area contributed by atoms with Crippen LogP contribution in [-0.4, -0.2) is 6.71 Å². The maximum atomic E-state index is 2.57. The van der Waals surface area contributed by atoms with Crippen LogP contribution in [0.4, 0.5) is 34.1 Å². The average Bonchev–Trinajstić information content (AvgIpc) is 3.21. The van der Waals surface area contributed by atoms with E-state index in [-0.39, 0.29) is 6.71 Å². The molecule has 1 saturated carbocycles. The van der Waals surface area contributed by atoms with Gasteiger partial charge < -0.3 is 9.80 Å². The molecule has 0 saturated heterocycles. The Kier molecular flexibility index (Phi) is 7.38. The second-order valence-corrected chi connectivity index (χ2v) is 14.4. The highest BCUT2D eigenvalue weighted by Gasteiger charge is 2.43. The minimum atomic E-state index is 0.135. The monoisotopic (exact) mass is 654 g/mol. The van der Waals surface area contributed by atoms with Gasteiger partial charge in [0.25, 0.3) is 6.71 Å². The van der Waals surface area contributed by atoms with E-state index in [1.807, 2.05) is 0 Å². The maximum absolute atomic E-state index is 2.57. The van der Waals surface area contributed by atoms with E-state index in [1.165, 1.54) is 110 Å². The van der Waals surface area contributed by atoms with Gasteiger partial charge in [0, 0.05) is 34.1 Å². The molecule has 0 amide bonds. The summed E-state index contributed by atoms with van der Waals surface area (Å²) < 4.78 is 0. The first-order valence-corrected chi connectivity index (χ1v) is 18.6. The molecule has 0 radical (unpaired) electrons. The zero-order chi connectivity index (χ0) is 33.7. The summed E-state index contributed by atoms with van der Waals surface area (Å²) >= 11 is 0. The predicted octanol–water partition coefficient (Wildman–Crippen LogP) is 11.2. The smallest absolute Gasteiger partial charge is 0.252 e. The van der Waals surface area contributed by atoms with E-state index in [0.29, 0.717) is 5.92 Å². The molecule has 0 N–H and O–H groups in total. The third-order valence-corrected chi connectivity index (χ3v) is 11.4. The van der Waals surface area contributed by atoms with Gasteiger partial charge in [0.15, 0.2) is 0 Å². The molecule has 0 unspecified atom stereocenters. The van der Waals surface area contributed by atoms with Crippen molar-refractivity contribution in [1.29, 1.82) is 0 Å². The number of fused-ring (bicyclic) bond motifs is 4. The second-order valence-electron chi connectivity index (χ2n) is 14.4. The lowest BCUT2D eigenvalue weighted by Crippen LogP contribution is -2.61. The number of hydrogen-bond donors (Lipinski definition) is 0. The van der Waals surface area contributed by atoms with Gasteiger partial charge in [0.05, 0.1) is 0 Å². The predicted molar refractivity (Wildman–Crippen MR) is 217 cm³/mol. The molecule has 0 aromatic heterocycles. The van der Waals surface area contributed by atoms with Crippen LogP contribution in [0.15, 0.2) is 170 Å². The Bertz CT molecular complexity index is 2360. The van der Waals surface area contributed by atoms with E-state index in [4.69, 9.17) is 0 Å². The lowest BCUT2D eigenvalue weighted by molar-refractivity contribution is 0.444. The molecule has 3 aliphatic rings. The van der Waals surface area contributed by atoms with Crippen LogP contribution in [0.1, 0.15) is 43.6 Å². The van der Waals surface area contributed by atoms with Gasteiger partial charge in [-0.15, -0.1) is 0 Å². The van der Waals surface area contributed by atoms with E-state index in [0.717, 1.165) is 0 Å². The third kappa shape index (κ3) is 5.10. The fourth-order valence-corrected chi connectivity index (χ4v) is 9.04. The molecule has 0 bridgehead atoms. The Labute approximate surface area is 301 Å². The van der Waals surface area contributed by atoms with Gasteiger partial charge in [-0.05, 0) is 111 Å². The summed E-state index contributed by atoms with van der Waals surface area (Å²) in [5, 5.41) is 0. The van der Waals surface area contributed by atoms with Gasteiger partial charge >= 0.3 is 0 Å². The number of rotatable bonds is 5. The molecule has 7 aromatic carbocycles. The van der Waals surface area contributed by atoms with Crippen molar-refractivity contribution in [3.05, 3.63) is 175 Å². The number of para-hydroxylation sites is 2. The van der Waals surface area contributed by atoms with Gasteiger partial charge in [0.1, 0.15) is 0 Å². The zero-order valence-corrected chi connectivity index (χ0v) is 28.8. The molecule has 0 spiro atoms. The lowest BCUT2D eigenvalue weighted by atomic mass is 9.33.